The molecule has 0 saturated carbocycles. The summed E-state index contributed by atoms with van der Waals surface area (Å²) in [6, 6.07) is 7.49. The predicted octanol–water partition coefficient (Wildman–Crippen LogP) is 4.09. The maximum Gasteiger partial charge on any atom is 0.244 e. The number of carbonyl (C=O) groups is 1. The van der Waals surface area contributed by atoms with Crippen LogP contribution in [0, 0.1) is 16.7 Å². The van der Waals surface area contributed by atoms with Crippen LogP contribution in [0.1, 0.15) is 20.3 Å². The maximum atomic E-state index is 12.0. The summed E-state index contributed by atoms with van der Waals surface area (Å²) >= 11 is 6.69. The first-order chi connectivity index (χ1) is 7.92. The molecule has 0 aromatic heterocycles. The number of nitriles is 1. The van der Waals surface area contributed by atoms with Crippen LogP contribution in [0.25, 0.3) is 0 Å². The number of rotatable bonds is 3. The number of halogens is 2. The molecule has 5 heteroatoms. The van der Waals surface area contributed by atoms with Crippen LogP contribution in [0.15, 0.2) is 27.1 Å². The van der Waals surface area contributed by atoms with E-state index in [4.69, 9.17) is 5.26 Å². The van der Waals surface area contributed by atoms with Gasteiger partial charge in [-0.1, -0.05) is 22.9 Å². The molecule has 90 valence electrons. The SMILES string of the molecule is CCC(C)(C#N)C(=O)Nc1ccc(Br)cc1Br. The molecule has 1 aromatic rings. The van der Waals surface area contributed by atoms with Crippen molar-refractivity contribution < 1.29 is 4.79 Å². The predicted molar refractivity (Wildman–Crippen MR) is 74.5 cm³/mol. The quantitative estimate of drug-likeness (QED) is 0.883. The Labute approximate surface area is 117 Å². The largest absolute Gasteiger partial charge is 0.324 e. The lowest BCUT2D eigenvalue weighted by atomic mass is 9.88. The Morgan fingerprint density at radius 3 is 2.65 bits per heavy atom. The number of anilines is 1. The normalized spacial score (nSPS) is 13.6. The fourth-order valence-corrected chi connectivity index (χ4v) is 2.29. The van der Waals surface area contributed by atoms with E-state index in [-0.39, 0.29) is 5.91 Å². The molecule has 0 aliphatic heterocycles. The number of nitrogens with one attached hydrogen (secondary N) is 1. The number of nitrogens with zero attached hydrogens (tertiary/aromatic N) is 1. The first-order valence-electron chi connectivity index (χ1n) is 5.10. The van der Waals surface area contributed by atoms with Crippen molar-refractivity contribution >= 4 is 43.5 Å². The van der Waals surface area contributed by atoms with Crippen LogP contribution in [0.5, 0.6) is 0 Å². The number of hydrogen-bond acceptors (Lipinski definition) is 2. The van der Waals surface area contributed by atoms with E-state index in [0.29, 0.717) is 12.1 Å². The second-order valence-electron chi connectivity index (χ2n) is 3.88. The van der Waals surface area contributed by atoms with Crippen LogP contribution in [0.2, 0.25) is 0 Å². The van der Waals surface area contributed by atoms with Crippen molar-refractivity contribution in [2.24, 2.45) is 5.41 Å². The summed E-state index contributed by atoms with van der Waals surface area (Å²) in [5.74, 6) is -0.287. The molecule has 0 aliphatic carbocycles. The summed E-state index contributed by atoms with van der Waals surface area (Å²) < 4.78 is 1.69. The van der Waals surface area contributed by atoms with Gasteiger partial charge in [0, 0.05) is 8.95 Å². The molecule has 0 radical (unpaired) electrons. The van der Waals surface area contributed by atoms with Gasteiger partial charge in [0.15, 0.2) is 0 Å². The van der Waals surface area contributed by atoms with Gasteiger partial charge < -0.3 is 5.32 Å². The van der Waals surface area contributed by atoms with E-state index in [1.54, 1.807) is 13.0 Å². The topological polar surface area (TPSA) is 52.9 Å². The van der Waals surface area contributed by atoms with Gasteiger partial charge in [0.2, 0.25) is 5.91 Å². The van der Waals surface area contributed by atoms with E-state index in [1.807, 2.05) is 25.1 Å². The fourth-order valence-electron chi connectivity index (χ4n) is 1.14. The first-order valence-corrected chi connectivity index (χ1v) is 6.69. The summed E-state index contributed by atoms with van der Waals surface area (Å²) in [7, 11) is 0. The zero-order valence-corrected chi connectivity index (χ0v) is 12.7. The van der Waals surface area contributed by atoms with Crippen molar-refractivity contribution in [2.45, 2.75) is 20.3 Å². The summed E-state index contributed by atoms with van der Waals surface area (Å²) in [6.45, 7) is 3.45. The third kappa shape index (κ3) is 3.30. The molecule has 0 spiro atoms. The maximum absolute atomic E-state index is 12.0. The summed E-state index contributed by atoms with van der Waals surface area (Å²) in [6.07, 6.45) is 0.476. The average molecular weight is 360 g/mol. The van der Waals surface area contributed by atoms with Gasteiger partial charge in [-0.2, -0.15) is 5.26 Å². The Morgan fingerprint density at radius 2 is 2.18 bits per heavy atom. The molecule has 0 heterocycles. The van der Waals surface area contributed by atoms with Gasteiger partial charge in [0.25, 0.3) is 0 Å². The van der Waals surface area contributed by atoms with Gasteiger partial charge in [0.05, 0.1) is 11.8 Å². The average Bonchev–Trinajstić information content (AvgIpc) is 2.31. The van der Waals surface area contributed by atoms with Crippen molar-refractivity contribution in [2.75, 3.05) is 5.32 Å². The molecule has 1 unspecified atom stereocenters. The molecule has 1 rings (SSSR count). The molecule has 1 N–H and O–H groups in total. The van der Waals surface area contributed by atoms with Crippen LogP contribution in [0.4, 0.5) is 5.69 Å². The molecule has 1 amide bonds. The number of carbonyl (C=O) groups excluding carboxylic acids is 1. The lowest BCUT2D eigenvalue weighted by Crippen LogP contribution is -2.31. The second-order valence-corrected chi connectivity index (χ2v) is 5.65. The zero-order chi connectivity index (χ0) is 13.1. The molecule has 1 atom stereocenters. The molecule has 1 aromatic carbocycles. The van der Waals surface area contributed by atoms with Crippen molar-refractivity contribution in [1.29, 1.82) is 5.26 Å². The standard InChI is InChI=1S/C12H12Br2N2O/c1-3-12(2,7-15)11(17)16-10-5-4-8(13)6-9(10)14/h4-6H,3H2,1-2H3,(H,16,17). The highest BCUT2D eigenvalue weighted by atomic mass is 79.9. The molecular formula is C12H12Br2N2O. The summed E-state index contributed by atoms with van der Waals surface area (Å²) in [4.78, 5) is 12.0. The third-order valence-corrected chi connectivity index (χ3v) is 3.78. The smallest absolute Gasteiger partial charge is 0.244 e. The minimum absolute atomic E-state index is 0.287. The van der Waals surface area contributed by atoms with Crippen molar-refractivity contribution in [3.05, 3.63) is 27.1 Å². The van der Waals surface area contributed by atoms with E-state index < -0.39 is 5.41 Å². The molecule has 0 bridgehead atoms. The number of amides is 1. The lowest BCUT2D eigenvalue weighted by Gasteiger charge is -2.19. The van der Waals surface area contributed by atoms with E-state index in [9.17, 15) is 4.79 Å². The van der Waals surface area contributed by atoms with Crippen LogP contribution >= 0.6 is 31.9 Å². The van der Waals surface area contributed by atoms with Gasteiger partial charge in [-0.3, -0.25) is 4.79 Å². The number of benzene rings is 1. The Balaban J connectivity index is 2.93. The summed E-state index contributed by atoms with van der Waals surface area (Å²) in [5, 5.41) is 11.8. The van der Waals surface area contributed by atoms with Crippen LogP contribution in [-0.4, -0.2) is 5.91 Å². The highest BCUT2D eigenvalue weighted by molar-refractivity contribution is 9.11. The van der Waals surface area contributed by atoms with E-state index >= 15 is 0 Å². The van der Waals surface area contributed by atoms with E-state index in [1.165, 1.54) is 0 Å². The zero-order valence-electron chi connectivity index (χ0n) is 9.55. The van der Waals surface area contributed by atoms with Crippen molar-refractivity contribution in [3.63, 3.8) is 0 Å². The fraction of sp³-hybridized carbons (Fsp3) is 0.333. The monoisotopic (exact) mass is 358 g/mol. The number of hydrogen-bond donors (Lipinski definition) is 1. The van der Waals surface area contributed by atoms with Crippen LogP contribution < -0.4 is 5.32 Å². The van der Waals surface area contributed by atoms with Gasteiger partial charge in [-0.25, -0.2) is 0 Å². The lowest BCUT2D eigenvalue weighted by molar-refractivity contribution is -0.122. The third-order valence-electron chi connectivity index (χ3n) is 2.63. The molecule has 0 saturated heterocycles. The Morgan fingerprint density at radius 1 is 1.53 bits per heavy atom. The van der Waals surface area contributed by atoms with Crippen LogP contribution in [-0.2, 0) is 4.79 Å². The van der Waals surface area contributed by atoms with E-state index in [2.05, 4.69) is 37.2 Å². The highest BCUT2D eigenvalue weighted by Crippen LogP contribution is 2.28. The molecule has 3 nitrogen and oxygen atoms in total. The van der Waals surface area contributed by atoms with Crippen molar-refractivity contribution in [3.8, 4) is 6.07 Å². The first kappa shape index (κ1) is 14.2. The highest BCUT2D eigenvalue weighted by Gasteiger charge is 2.31. The molecule has 0 aliphatic rings. The molecular weight excluding hydrogens is 348 g/mol. The Bertz CT molecular complexity index is 482. The van der Waals surface area contributed by atoms with Crippen molar-refractivity contribution in [1.82, 2.24) is 0 Å². The Kier molecular flexibility index (Phi) is 4.72. The second kappa shape index (κ2) is 5.65. The Hall–Kier alpha value is -0.860. The van der Waals surface area contributed by atoms with E-state index in [0.717, 1.165) is 8.95 Å². The minimum Gasteiger partial charge on any atom is -0.324 e. The summed E-state index contributed by atoms with van der Waals surface area (Å²) in [5.41, 5.74) is -0.333. The van der Waals surface area contributed by atoms with Gasteiger partial charge in [-0.05, 0) is 47.5 Å². The van der Waals surface area contributed by atoms with Gasteiger partial charge in [-0.15, -0.1) is 0 Å². The molecule has 0 fully saturated rings. The molecule has 17 heavy (non-hydrogen) atoms. The van der Waals surface area contributed by atoms with Gasteiger partial charge >= 0.3 is 0 Å². The van der Waals surface area contributed by atoms with Crippen LogP contribution in [0.3, 0.4) is 0 Å². The minimum atomic E-state index is -0.994. The van der Waals surface area contributed by atoms with Gasteiger partial charge in [0.1, 0.15) is 5.41 Å².